The van der Waals surface area contributed by atoms with Crippen molar-refractivity contribution in [1.29, 1.82) is 0 Å². The van der Waals surface area contributed by atoms with E-state index < -0.39 is 10.0 Å². The van der Waals surface area contributed by atoms with Crippen LogP contribution in [0.2, 0.25) is 5.02 Å². The van der Waals surface area contributed by atoms with E-state index in [0.717, 1.165) is 36.2 Å². The fraction of sp³-hybridized carbons (Fsp3) is 0.417. The lowest BCUT2D eigenvalue weighted by Gasteiger charge is -2.30. The van der Waals surface area contributed by atoms with Gasteiger partial charge in [0.15, 0.2) is 0 Å². The molecule has 0 N–H and O–H groups in total. The Morgan fingerprint density at radius 1 is 1.24 bits per heavy atom. The molecule has 0 radical (unpaired) electrons. The molecule has 4 rings (SSSR count). The molecule has 1 saturated heterocycles. The summed E-state index contributed by atoms with van der Waals surface area (Å²) in [5.41, 5.74) is 2.18. The van der Waals surface area contributed by atoms with Crippen LogP contribution in [0.3, 0.4) is 0 Å². The predicted molar refractivity (Wildman–Crippen MR) is 130 cm³/mol. The van der Waals surface area contributed by atoms with Crippen molar-refractivity contribution in [3.8, 4) is 0 Å². The average molecular weight is 489 g/mol. The first-order valence-electron chi connectivity index (χ1n) is 11.2. The van der Waals surface area contributed by atoms with Crippen LogP contribution in [0.1, 0.15) is 42.9 Å². The van der Waals surface area contributed by atoms with Crippen LogP contribution in [0.15, 0.2) is 47.4 Å². The Morgan fingerprint density at radius 2 is 2.00 bits per heavy atom. The number of halogens is 1. The van der Waals surface area contributed by atoms with E-state index in [4.69, 9.17) is 11.6 Å². The van der Waals surface area contributed by atoms with Crippen LogP contribution in [-0.2, 0) is 23.1 Å². The zero-order valence-electron chi connectivity index (χ0n) is 19.2. The van der Waals surface area contributed by atoms with Crippen molar-refractivity contribution in [2.75, 3.05) is 20.1 Å². The van der Waals surface area contributed by atoms with E-state index in [2.05, 4.69) is 9.55 Å². The van der Waals surface area contributed by atoms with Crippen molar-refractivity contribution in [3.63, 3.8) is 0 Å². The highest BCUT2D eigenvalue weighted by atomic mass is 35.5. The Labute approximate surface area is 200 Å². The Bertz CT molecular complexity index is 1290. The fourth-order valence-corrected chi connectivity index (χ4v) is 6.54. The number of nitrogens with zero attached hydrogens (tertiary/aromatic N) is 4. The van der Waals surface area contributed by atoms with Crippen LogP contribution in [0, 0.1) is 5.92 Å². The monoisotopic (exact) mass is 488 g/mol. The second kappa shape index (κ2) is 9.44. The maximum absolute atomic E-state index is 13.3. The van der Waals surface area contributed by atoms with E-state index in [1.165, 1.54) is 16.4 Å². The second-order valence-corrected chi connectivity index (χ2v) is 11.0. The molecule has 1 amide bonds. The normalized spacial score (nSPS) is 17.4. The molecule has 33 heavy (non-hydrogen) atoms. The molecule has 1 aliphatic heterocycles. The van der Waals surface area contributed by atoms with Gasteiger partial charge in [0.05, 0.1) is 22.6 Å². The van der Waals surface area contributed by atoms with Gasteiger partial charge in [-0.1, -0.05) is 30.7 Å². The summed E-state index contributed by atoms with van der Waals surface area (Å²) in [5.74, 6) is 0.782. The van der Waals surface area contributed by atoms with Gasteiger partial charge < -0.3 is 9.47 Å². The molecule has 1 atom stereocenters. The van der Waals surface area contributed by atoms with Gasteiger partial charge in [0.25, 0.3) is 5.91 Å². The van der Waals surface area contributed by atoms with E-state index in [1.54, 1.807) is 18.0 Å². The van der Waals surface area contributed by atoms with Crippen LogP contribution < -0.4 is 0 Å². The number of hydrogen-bond donors (Lipinski definition) is 0. The summed E-state index contributed by atoms with van der Waals surface area (Å²) in [6.07, 6.45) is 1.82. The number of piperidine rings is 1. The van der Waals surface area contributed by atoms with Gasteiger partial charge in [0, 0.05) is 32.2 Å². The first-order valence-corrected chi connectivity index (χ1v) is 13.0. The first-order chi connectivity index (χ1) is 15.7. The molecule has 0 bridgehead atoms. The molecule has 1 aromatic heterocycles. The molecule has 2 aromatic carbocycles. The van der Waals surface area contributed by atoms with Gasteiger partial charge in [-0.3, -0.25) is 4.79 Å². The molecule has 7 nitrogen and oxygen atoms in total. The van der Waals surface area contributed by atoms with Crippen LogP contribution in [0.4, 0.5) is 0 Å². The van der Waals surface area contributed by atoms with Gasteiger partial charge in [-0.05, 0) is 56.0 Å². The number of para-hydroxylation sites is 2. The first kappa shape index (κ1) is 23.7. The molecule has 0 aliphatic carbocycles. The molecule has 176 valence electrons. The Morgan fingerprint density at radius 3 is 2.73 bits per heavy atom. The third-order valence-electron chi connectivity index (χ3n) is 6.19. The number of fused-ring (bicyclic) bond motifs is 1. The van der Waals surface area contributed by atoms with Gasteiger partial charge in [0.2, 0.25) is 10.0 Å². The number of amides is 1. The number of aromatic nitrogens is 2. The third-order valence-corrected chi connectivity index (χ3v) is 8.54. The minimum Gasteiger partial charge on any atom is -0.334 e. The zero-order chi connectivity index (χ0) is 23.8. The van der Waals surface area contributed by atoms with E-state index in [9.17, 15) is 13.2 Å². The van der Waals surface area contributed by atoms with Gasteiger partial charge in [-0.2, -0.15) is 4.31 Å². The van der Waals surface area contributed by atoms with Crippen molar-refractivity contribution in [3.05, 3.63) is 58.9 Å². The number of benzene rings is 2. The van der Waals surface area contributed by atoms with Gasteiger partial charge in [-0.25, -0.2) is 13.4 Å². The van der Waals surface area contributed by atoms with Crippen LogP contribution in [0.25, 0.3) is 11.0 Å². The molecule has 3 aromatic rings. The minimum atomic E-state index is -3.78. The molecule has 9 heteroatoms. The minimum absolute atomic E-state index is 0.0155. The van der Waals surface area contributed by atoms with Crippen LogP contribution in [0.5, 0.6) is 0 Å². The Balaban J connectivity index is 1.60. The summed E-state index contributed by atoms with van der Waals surface area (Å²) < 4.78 is 30.1. The number of carbonyl (C=O) groups excluding carboxylic acids is 1. The summed E-state index contributed by atoms with van der Waals surface area (Å²) in [7, 11) is -2.09. The smallest absolute Gasteiger partial charge is 0.254 e. The number of carbonyl (C=O) groups is 1. The van der Waals surface area contributed by atoms with Crippen molar-refractivity contribution in [2.45, 2.75) is 44.7 Å². The highest BCUT2D eigenvalue weighted by Gasteiger charge is 2.31. The second-order valence-electron chi connectivity index (χ2n) is 8.68. The van der Waals surface area contributed by atoms with Gasteiger partial charge >= 0.3 is 0 Å². The summed E-state index contributed by atoms with van der Waals surface area (Å²) in [6.45, 7) is 6.04. The number of hydrogen-bond acceptors (Lipinski definition) is 4. The molecule has 0 spiro atoms. The summed E-state index contributed by atoms with van der Waals surface area (Å²) in [4.78, 5) is 19.4. The Hall–Kier alpha value is -2.42. The number of imidazole rings is 1. The van der Waals surface area contributed by atoms with Gasteiger partial charge in [0.1, 0.15) is 10.7 Å². The quantitative estimate of drug-likeness (QED) is 0.515. The van der Waals surface area contributed by atoms with Crippen molar-refractivity contribution < 1.29 is 13.2 Å². The number of sulfonamides is 1. The lowest BCUT2D eigenvalue weighted by Crippen LogP contribution is -2.39. The highest BCUT2D eigenvalue weighted by Crippen LogP contribution is 2.29. The Kier molecular flexibility index (Phi) is 6.79. The van der Waals surface area contributed by atoms with Crippen LogP contribution >= 0.6 is 11.6 Å². The number of aryl methyl sites for hydroxylation is 1. The van der Waals surface area contributed by atoms with Crippen LogP contribution in [-0.4, -0.2) is 53.2 Å². The molecule has 1 unspecified atom stereocenters. The molecule has 1 aliphatic rings. The largest absolute Gasteiger partial charge is 0.334 e. The van der Waals surface area contributed by atoms with Crippen molar-refractivity contribution in [1.82, 2.24) is 18.8 Å². The predicted octanol–water partition coefficient (Wildman–Crippen LogP) is 4.40. The fourth-order valence-electron chi connectivity index (χ4n) is 4.44. The zero-order valence-corrected chi connectivity index (χ0v) is 20.7. The van der Waals surface area contributed by atoms with E-state index in [0.29, 0.717) is 25.6 Å². The molecule has 0 saturated carbocycles. The highest BCUT2D eigenvalue weighted by molar-refractivity contribution is 7.89. The average Bonchev–Trinajstić information content (AvgIpc) is 3.15. The van der Waals surface area contributed by atoms with E-state index in [-0.39, 0.29) is 21.4 Å². The van der Waals surface area contributed by atoms with Gasteiger partial charge in [-0.15, -0.1) is 0 Å². The summed E-state index contributed by atoms with van der Waals surface area (Å²) in [6, 6.07) is 12.3. The van der Waals surface area contributed by atoms with E-state index >= 15 is 0 Å². The van der Waals surface area contributed by atoms with Crippen molar-refractivity contribution in [2.24, 2.45) is 5.92 Å². The van der Waals surface area contributed by atoms with E-state index in [1.807, 2.05) is 38.1 Å². The lowest BCUT2D eigenvalue weighted by atomic mass is 10.0. The molecule has 1 fully saturated rings. The molecular weight excluding hydrogens is 460 g/mol. The maximum atomic E-state index is 13.3. The topological polar surface area (TPSA) is 75.5 Å². The third kappa shape index (κ3) is 4.65. The maximum Gasteiger partial charge on any atom is 0.254 e. The molecular formula is C24H29ClN4O3S. The van der Waals surface area contributed by atoms with Crippen molar-refractivity contribution >= 4 is 38.6 Å². The SMILES string of the molecule is CCn1c(CN(C)C(=O)c2ccc(Cl)c(S(=O)(=O)N3CCCC(C)C3)c2)nc2ccccc21. The summed E-state index contributed by atoms with van der Waals surface area (Å²) >= 11 is 6.29. The number of rotatable bonds is 6. The summed E-state index contributed by atoms with van der Waals surface area (Å²) in [5, 5.41) is 0.125. The standard InChI is InChI=1S/C24H29ClN4O3S/c1-4-29-21-10-6-5-9-20(21)26-23(29)16-27(3)24(30)18-11-12-19(25)22(14-18)33(31,32)28-13-7-8-17(2)15-28/h5-6,9-12,14,17H,4,7-8,13,15-16H2,1-3H3. The molecule has 2 heterocycles. The lowest BCUT2D eigenvalue weighted by molar-refractivity contribution is 0.0780.